The number of carbonyl (C=O) groups excluding carboxylic acids is 1. The highest BCUT2D eigenvalue weighted by atomic mass is 35.5. The molecule has 1 saturated heterocycles. The summed E-state index contributed by atoms with van der Waals surface area (Å²) in [5, 5.41) is 0.653. The Balaban J connectivity index is 1.57. The molecule has 2 heterocycles. The minimum atomic E-state index is 0.114. The standard InChI is InChI=1S/C17H19ClN4O2/c1-24-15-5-6-19-17(20-15)22-9-7-21(8-10-22)16(23)12-13-3-2-4-14(18)11-13/h2-6,11H,7-10,12H2,1H3. The maximum absolute atomic E-state index is 12.4. The Labute approximate surface area is 146 Å². The number of methoxy groups -OCH3 is 1. The van der Waals surface area contributed by atoms with Crippen molar-refractivity contribution < 1.29 is 9.53 Å². The first-order valence-corrected chi connectivity index (χ1v) is 8.18. The van der Waals surface area contributed by atoms with Crippen molar-refractivity contribution in [3.05, 3.63) is 47.1 Å². The molecule has 0 bridgehead atoms. The molecule has 6 nitrogen and oxygen atoms in total. The van der Waals surface area contributed by atoms with Crippen molar-refractivity contribution >= 4 is 23.5 Å². The molecule has 0 N–H and O–H groups in total. The topological polar surface area (TPSA) is 58.6 Å². The smallest absolute Gasteiger partial charge is 0.228 e. The van der Waals surface area contributed by atoms with Gasteiger partial charge in [-0.3, -0.25) is 4.79 Å². The number of hydrogen-bond acceptors (Lipinski definition) is 5. The van der Waals surface area contributed by atoms with E-state index < -0.39 is 0 Å². The molecule has 126 valence electrons. The summed E-state index contributed by atoms with van der Waals surface area (Å²) in [5.41, 5.74) is 0.936. The van der Waals surface area contributed by atoms with Gasteiger partial charge >= 0.3 is 0 Å². The molecule has 0 radical (unpaired) electrons. The molecule has 24 heavy (non-hydrogen) atoms. The number of amides is 1. The maximum Gasteiger partial charge on any atom is 0.228 e. The first-order valence-electron chi connectivity index (χ1n) is 7.80. The van der Waals surface area contributed by atoms with E-state index in [2.05, 4.69) is 14.9 Å². The second kappa shape index (κ2) is 7.49. The van der Waals surface area contributed by atoms with E-state index in [0.29, 0.717) is 49.5 Å². The number of benzene rings is 1. The quantitative estimate of drug-likeness (QED) is 0.847. The minimum Gasteiger partial charge on any atom is -0.481 e. The second-order valence-electron chi connectivity index (χ2n) is 5.57. The molecule has 1 aromatic heterocycles. The zero-order valence-corrected chi connectivity index (χ0v) is 14.2. The number of rotatable bonds is 4. The van der Waals surface area contributed by atoms with Crippen molar-refractivity contribution in [1.29, 1.82) is 0 Å². The Morgan fingerprint density at radius 3 is 2.75 bits per heavy atom. The lowest BCUT2D eigenvalue weighted by molar-refractivity contribution is -0.130. The van der Waals surface area contributed by atoms with Crippen molar-refractivity contribution in [2.75, 3.05) is 38.2 Å². The molecule has 0 unspecified atom stereocenters. The van der Waals surface area contributed by atoms with E-state index in [1.807, 2.05) is 29.2 Å². The van der Waals surface area contributed by atoms with Gasteiger partial charge in [-0.2, -0.15) is 4.98 Å². The molecule has 0 saturated carbocycles. The number of anilines is 1. The number of nitrogens with zero attached hydrogens (tertiary/aromatic N) is 4. The molecule has 7 heteroatoms. The van der Waals surface area contributed by atoms with E-state index in [-0.39, 0.29) is 5.91 Å². The molecule has 0 aliphatic carbocycles. The Morgan fingerprint density at radius 1 is 1.25 bits per heavy atom. The summed E-state index contributed by atoms with van der Waals surface area (Å²) in [7, 11) is 1.58. The molecule has 2 aromatic rings. The average molecular weight is 347 g/mol. The van der Waals surface area contributed by atoms with Crippen molar-refractivity contribution in [3.63, 3.8) is 0 Å². The normalized spacial score (nSPS) is 14.6. The molecule has 1 amide bonds. The summed E-state index contributed by atoms with van der Waals surface area (Å²) < 4.78 is 5.13. The van der Waals surface area contributed by atoms with E-state index in [4.69, 9.17) is 16.3 Å². The van der Waals surface area contributed by atoms with Gasteiger partial charge in [0.2, 0.25) is 17.7 Å². The zero-order chi connectivity index (χ0) is 16.9. The van der Waals surface area contributed by atoms with Gasteiger partial charge in [-0.25, -0.2) is 4.98 Å². The van der Waals surface area contributed by atoms with Crippen LogP contribution in [0.2, 0.25) is 5.02 Å². The first kappa shape index (κ1) is 16.5. The third kappa shape index (κ3) is 3.94. The molecule has 0 spiro atoms. The number of ether oxygens (including phenoxy) is 1. The zero-order valence-electron chi connectivity index (χ0n) is 13.5. The van der Waals surface area contributed by atoms with E-state index in [1.165, 1.54) is 0 Å². The fourth-order valence-electron chi connectivity index (χ4n) is 2.69. The van der Waals surface area contributed by atoms with Crippen LogP contribution < -0.4 is 9.64 Å². The van der Waals surface area contributed by atoms with Crippen LogP contribution in [-0.2, 0) is 11.2 Å². The Hall–Kier alpha value is -2.34. The summed E-state index contributed by atoms with van der Waals surface area (Å²) in [6.07, 6.45) is 2.05. The van der Waals surface area contributed by atoms with Gasteiger partial charge < -0.3 is 14.5 Å². The number of aromatic nitrogens is 2. The Morgan fingerprint density at radius 2 is 2.04 bits per heavy atom. The SMILES string of the molecule is COc1ccnc(N2CCN(C(=O)Cc3cccc(Cl)c3)CC2)n1. The number of hydrogen-bond donors (Lipinski definition) is 0. The summed E-state index contributed by atoms with van der Waals surface area (Å²) in [5.74, 6) is 1.29. The number of halogens is 1. The van der Waals surface area contributed by atoms with Gasteiger partial charge in [0.05, 0.1) is 13.5 Å². The van der Waals surface area contributed by atoms with E-state index in [0.717, 1.165) is 5.56 Å². The lowest BCUT2D eigenvalue weighted by atomic mass is 10.1. The van der Waals surface area contributed by atoms with Gasteiger partial charge in [0.25, 0.3) is 0 Å². The second-order valence-corrected chi connectivity index (χ2v) is 6.01. The molecule has 3 rings (SSSR count). The fourth-order valence-corrected chi connectivity index (χ4v) is 2.90. The van der Waals surface area contributed by atoms with Crippen LogP contribution in [-0.4, -0.2) is 54.1 Å². The molecular weight excluding hydrogens is 328 g/mol. The van der Waals surface area contributed by atoms with Crippen LogP contribution in [0.4, 0.5) is 5.95 Å². The monoisotopic (exact) mass is 346 g/mol. The summed E-state index contributed by atoms with van der Waals surface area (Å²) >= 11 is 5.97. The Bertz CT molecular complexity index is 717. The van der Waals surface area contributed by atoms with Gasteiger partial charge in [-0.05, 0) is 17.7 Å². The van der Waals surface area contributed by atoms with Gasteiger partial charge in [-0.15, -0.1) is 0 Å². The highest BCUT2D eigenvalue weighted by molar-refractivity contribution is 6.30. The summed E-state index contributed by atoms with van der Waals surface area (Å²) in [6.45, 7) is 2.71. The van der Waals surface area contributed by atoms with Crippen LogP contribution in [0.5, 0.6) is 5.88 Å². The first-order chi connectivity index (χ1) is 11.7. The van der Waals surface area contributed by atoms with E-state index in [1.54, 1.807) is 19.4 Å². The predicted molar refractivity (Wildman–Crippen MR) is 92.5 cm³/mol. The number of carbonyl (C=O) groups is 1. The van der Waals surface area contributed by atoms with Gasteiger partial charge in [0, 0.05) is 43.5 Å². The lowest BCUT2D eigenvalue weighted by Crippen LogP contribution is -2.49. The van der Waals surface area contributed by atoms with Crippen molar-refractivity contribution in [2.45, 2.75) is 6.42 Å². The van der Waals surface area contributed by atoms with Crippen LogP contribution in [0.25, 0.3) is 0 Å². The van der Waals surface area contributed by atoms with Crippen molar-refractivity contribution in [3.8, 4) is 5.88 Å². The third-order valence-corrected chi connectivity index (χ3v) is 4.22. The van der Waals surface area contributed by atoms with E-state index >= 15 is 0 Å². The van der Waals surface area contributed by atoms with Crippen molar-refractivity contribution in [2.24, 2.45) is 0 Å². The maximum atomic E-state index is 12.4. The molecule has 1 aromatic carbocycles. The highest BCUT2D eigenvalue weighted by Crippen LogP contribution is 2.16. The van der Waals surface area contributed by atoms with Gasteiger partial charge in [0.1, 0.15) is 0 Å². The largest absolute Gasteiger partial charge is 0.481 e. The van der Waals surface area contributed by atoms with Gasteiger partial charge in [0.15, 0.2) is 0 Å². The van der Waals surface area contributed by atoms with Crippen molar-refractivity contribution in [1.82, 2.24) is 14.9 Å². The molecule has 1 aliphatic rings. The van der Waals surface area contributed by atoms with Crippen LogP contribution in [0.1, 0.15) is 5.56 Å². The minimum absolute atomic E-state index is 0.114. The summed E-state index contributed by atoms with van der Waals surface area (Å²) in [4.78, 5) is 25.0. The van der Waals surface area contributed by atoms with E-state index in [9.17, 15) is 4.79 Å². The third-order valence-electron chi connectivity index (χ3n) is 3.99. The lowest BCUT2D eigenvalue weighted by Gasteiger charge is -2.34. The Kier molecular flexibility index (Phi) is 5.15. The fraction of sp³-hybridized carbons (Fsp3) is 0.353. The van der Waals surface area contributed by atoms with Gasteiger partial charge in [-0.1, -0.05) is 23.7 Å². The highest BCUT2D eigenvalue weighted by Gasteiger charge is 2.22. The molecular formula is C17H19ClN4O2. The van der Waals surface area contributed by atoms with Crippen LogP contribution in [0, 0.1) is 0 Å². The van der Waals surface area contributed by atoms with Crippen LogP contribution in [0.3, 0.4) is 0 Å². The molecule has 1 fully saturated rings. The molecule has 0 atom stereocenters. The predicted octanol–water partition coefficient (Wildman–Crippen LogP) is 2.03. The van der Waals surface area contributed by atoms with Crippen LogP contribution in [0.15, 0.2) is 36.5 Å². The summed E-state index contributed by atoms with van der Waals surface area (Å²) in [6, 6.07) is 9.14. The number of piperazine rings is 1. The molecule has 1 aliphatic heterocycles. The van der Waals surface area contributed by atoms with Crippen LogP contribution >= 0.6 is 11.6 Å². The average Bonchev–Trinajstić information content (AvgIpc) is 2.62.